The van der Waals surface area contributed by atoms with Crippen LogP contribution in [0.3, 0.4) is 0 Å². The topological polar surface area (TPSA) is 96.6 Å². The summed E-state index contributed by atoms with van der Waals surface area (Å²) in [5, 5.41) is 21.9. The Kier molecular flexibility index (Phi) is 4.18. The number of carboxylic acids is 1. The van der Waals surface area contributed by atoms with Crippen LogP contribution < -0.4 is 4.90 Å². The summed E-state index contributed by atoms with van der Waals surface area (Å²) in [7, 11) is 1.77. The van der Waals surface area contributed by atoms with Gasteiger partial charge in [-0.2, -0.15) is 0 Å². The number of hydrogen-bond donors (Lipinski definition) is 1. The number of carboxylic acid groups (broad SMARTS) is 1. The van der Waals surface area contributed by atoms with Crippen LogP contribution in [0, 0.1) is 10.1 Å². The molecule has 0 aromatic carbocycles. The van der Waals surface area contributed by atoms with Gasteiger partial charge in [-0.3, -0.25) is 10.1 Å². The molecular formula is C13H13N3O4S. The second-order valence-corrected chi connectivity index (χ2v) is 5.40. The molecule has 21 heavy (non-hydrogen) atoms. The highest BCUT2D eigenvalue weighted by Crippen LogP contribution is 2.29. The molecule has 0 amide bonds. The molecule has 0 saturated heterocycles. The van der Waals surface area contributed by atoms with Crippen LogP contribution in [-0.2, 0) is 0 Å². The monoisotopic (exact) mass is 307 g/mol. The van der Waals surface area contributed by atoms with Crippen LogP contribution in [0.5, 0.6) is 0 Å². The first-order valence-electron chi connectivity index (χ1n) is 6.05. The first-order valence-corrected chi connectivity index (χ1v) is 6.93. The highest BCUT2D eigenvalue weighted by Gasteiger charge is 2.23. The minimum Gasteiger partial charge on any atom is -0.477 e. The summed E-state index contributed by atoms with van der Waals surface area (Å²) >= 11 is 1.58. The lowest BCUT2D eigenvalue weighted by molar-refractivity contribution is -0.385. The van der Waals surface area contributed by atoms with E-state index in [9.17, 15) is 14.9 Å². The highest BCUT2D eigenvalue weighted by molar-refractivity contribution is 7.10. The van der Waals surface area contributed by atoms with Gasteiger partial charge in [0.05, 0.1) is 11.0 Å². The smallest absolute Gasteiger partial charge is 0.342 e. The third-order valence-corrected chi connectivity index (χ3v) is 4.24. The van der Waals surface area contributed by atoms with Crippen molar-refractivity contribution in [1.29, 1.82) is 0 Å². The standard InChI is InChI=1S/C13H13N3O4S/c1-8(11-4-3-5-21-11)15(2)12-6-9(13(17)18)10(7-14-12)16(19)20/h3-8H,1-2H3,(H,17,18). The molecule has 0 radical (unpaired) electrons. The van der Waals surface area contributed by atoms with E-state index in [1.165, 1.54) is 6.07 Å². The predicted molar refractivity (Wildman–Crippen MR) is 79.0 cm³/mol. The van der Waals surface area contributed by atoms with Crippen LogP contribution in [0.1, 0.15) is 28.2 Å². The molecule has 1 atom stereocenters. The number of nitro groups is 1. The largest absolute Gasteiger partial charge is 0.477 e. The van der Waals surface area contributed by atoms with E-state index in [2.05, 4.69) is 4.98 Å². The van der Waals surface area contributed by atoms with Crippen LogP contribution in [0.2, 0.25) is 0 Å². The predicted octanol–water partition coefficient (Wildman–Crippen LogP) is 2.95. The summed E-state index contributed by atoms with van der Waals surface area (Å²) in [5.41, 5.74) is -0.876. The minimum atomic E-state index is -1.34. The molecule has 0 aliphatic heterocycles. The van der Waals surface area contributed by atoms with Crippen LogP contribution in [0.25, 0.3) is 0 Å². The zero-order chi connectivity index (χ0) is 15.6. The molecule has 2 rings (SSSR count). The molecule has 1 N–H and O–H groups in total. The van der Waals surface area contributed by atoms with Crippen LogP contribution >= 0.6 is 11.3 Å². The number of aromatic nitrogens is 1. The van der Waals surface area contributed by atoms with Crippen molar-refractivity contribution in [3.8, 4) is 0 Å². The van der Waals surface area contributed by atoms with Gasteiger partial charge in [0.2, 0.25) is 0 Å². The van der Waals surface area contributed by atoms with Gasteiger partial charge in [0.1, 0.15) is 17.6 Å². The van der Waals surface area contributed by atoms with Crippen LogP contribution in [0.4, 0.5) is 11.5 Å². The van der Waals surface area contributed by atoms with E-state index in [-0.39, 0.29) is 11.6 Å². The van der Waals surface area contributed by atoms with Crippen LogP contribution in [0.15, 0.2) is 29.8 Å². The van der Waals surface area contributed by atoms with E-state index in [0.717, 1.165) is 11.1 Å². The lowest BCUT2D eigenvalue weighted by atomic mass is 10.2. The Morgan fingerprint density at radius 1 is 1.57 bits per heavy atom. The molecule has 2 aromatic heterocycles. The Bertz CT molecular complexity index is 672. The van der Waals surface area contributed by atoms with Crippen molar-refractivity contribution in [2.24, 2.45) is 0 Å². The fraction of sp³-hybridized carbons (Fsp3) is 0.231. The van der Waals surface area contributed by atoms with E-state index in [4.69, 9.17) is 5.11 Å². The molecule has 1 unspecified atom stereocenters. The van der Waals surface area contributed by atoms with E-state index < -0.39 is 16.6 Å². The average Bonchev–Trinajstić information content (AvgIpc) is 2.99. The van der Waals surface area contributed by atoms with Crippen LogP contribution in [-0.4, -0.2) is 28.0 Å². The third-order valence-electron chi connectivity index (χ3n) is 3.19. The van der Waals surface area contributed by atoms with Gasteiger partial charge in [-0.05, 0) is 18.4 Å². The number of pyridine rings is 1. The fourth-order valence-electron chi connectivity index (χ4n) is 1.87. The normalized spacial score (nSPS) is 11.9. The molecule has 2 heterocycles. The number of carbonyl (C=O) groups is 1. The summed E-state index contributed by atoms with van der Waals surface area (Å²) < 4.78 is 0. The number of anilines is 1. The van der Waals surface area contributed by atoms with Gasteiger partial charge in [0, 0.05) is 18.0 Å². The second-order valence-electron chi connectivity index (χ2n) is 4.42. The van der Waals surface area contributed by atoms with Gasteiger partial charge in [-0.1, -0.05) is 6.07 Å². The van der Waals surface area contributed by atoms with Gasteiger partial charge in [0.25, 0.3) is 0 Å². The molecule has 0 aliphatic rings. The highest BCUT2D eigenvalue weighted by atomic mass is 32.1. The van der Waals surface area contributed by atoms with E-state index in [0.29, 0.717) is 5.82 Å². The van der Waals surface area contributed by atoms with Crippen molar-refractivity contribution in [1.82, 2.24) is 4.98 Å². The molecule has 0 spiro atoms. The number of rotatable bonds is 5. The van der Waals surface area contributed by atoms with E-state index in [1.807, 2.05) is 24.4 Å². The number of hydrogen-bond acceptors (Lipinski definition) is 6. The first kappa shape index (κ1) is 14.9. The summed E-state index contributed by atoms with van der Waals surface area (Å²) in [6.45, 7) is 1.95. The molecule has 7 nitrogen and oxygen atoms in total. The van der Waals surface area contributed by atoms with Gasteiger partial charge in [-0.25, -0.2) is 9.78 Å². The molecule has 2 aromatic rings. The van der Waals surface area contributed by atoms with Crippen molar-refractivity contribution >= 4 is 28.8 Å². The Morgan fingerprint density at radius 2 is 2.29 bits per heavy atom. The summed E-state index contributed by atoms with van der Waals surface area (Å²) in [4.78, 5) is 28.1. The first-order chi connectivity index (χ1) is 9.91. The van der Waals surface area contributed by atoms with Gasteiger partial charge >= 0.3 is 11.7 Å². The van der Waals surface area contributed by atoms with Crippen molar-refractivity contribution in [2.45, 2.75) is 13.0 Å². The van der Waals surface area contributed by atoms with Gasteiger partial charge in [0.15, 0.2) is 0 Å². The quantitative estimate of drug-likeness (QED) is 0.674. The van der Waals surface area contributed by atoms with Gasteiger partial charge in [-0.15, -0.1) is 11.3 Å². The summed E-state index contributed by atoms with van der Waals surface area (Å²) in [5.74, 6) is -0.971. The number of thiophene rings is 1. The summed E-state index contributed by atoms with van der Waals surface area (Å²) in [6, 6.07) is 5.11. The molecule has 0 saturated carbocycles. The van der Waals surface area contributed by atoms with Gasteiger partial charge < -0.3 is 10.0 Å². The SMILES string of the molecule is CC(c1cccs1)N(C)c1cc(C(=O)O)c([N+](=O)[O-])cn1. The maximum absolute atomic E-state index is 11.2. The number of aromatic carboxylic acids is 1. The summed E-state index contributed by atoms with van der Waals surface area (Å²) in [6.07, 6.45) is 0.983. The molecule has 0 aliphatic carbocycles. The Labute approximate surface area is 124 Å². The molecule has 0 bridgehead atoms. The zero-order valence-corrected chi connectivity index (χ0v) is 12.2. The Morgan fingerprint density at radius 3 is 2.81 bits per heavy atom. The minimum absolute atomic E-state index is 0.0133. The molecule has 110 valence electrons. The molecule has 0 fully saturated rings. The van der Waals surface area contributed by atoms with Crippen molar-refractivity contribution in [3.63, 3.8) is 0 Å². The Balaban J connectivity index is 2.38. The van der Waals surface area contributed by atoms with Crippen molar-refractivity contribution in [2.75, 3.05) is 11.9 Å². The molecule has 8 heteroatoms. The van der Waals surface area contributed by atoms with Crippen molar-refractivity contribution < 1.29 is 14.8 Å². The van der Waals surface area contributed by atoms with E-state index in [1.54, 1.807) is 23.3 Å². The molecular weight excluding hydrogens is 294 g/mol. The third kappa shape index (κ3) is 3.00. The Hall–Kier alpha value is -2.48. The maximum atomic E-state index is 11.2. The average molecular weight is 307 g/mol. The zero-order valence-electron chi connectivity index (χ0n) is 11.4. The number of nitrogens with zero attached hydrogens (tertiary/aromatic N) is 3. The van der Waals surface area contributed by atoms with Crippen molar-refractivity contribution in [3.05, 3.63) is 50.3 Å². The second kappa shape index (κ2) is 5.88. The lowest BCUT2D eigenvalue weighted by Gasteiger charge is -2.25. The lowest BCUT2D eigenvalue weighted by Crippen LogP contribution is -2.22. The van der Waals surface area contributed by atoms with E-state index >= 15 is 0 Å². The maximum Gasteiger partial charge on any atom is 0.342 e. The fourth-order valence-corrected chi connectivity index (χ4v) is 2.69.